The molecule has 0 spiro atoms. The first-order chi connectivity index (χ1) is 5.20. The normalized spacial score (nSPS) is 11.3. The van der Waals surface area contributed by atoms with Crippen molar-refractivity contribution in [3.8, 4) is 0 Å². The first-order valence-electron chi connectivity index (χ1n) is 3.11. The zero-order chi connectivity index (χ0) is 9.99. The van der Waals surface area contributed by atoms with Gasteiger partial charge in [0.25, 0.3) is 0 Å². The fourth-order valence-electron chi connectivity index (χ4n) is 0.410. The predicted octanol–water partition coefficient (Wildman–Crippen LogP) is -3.43. The maximum absolute atomic E-state index is 10.6. The summed E-state index contributed by atoms with van der Waals surface area (Å²) in [6, 6.07) is 0. The van der Waals surface area contributed by atoms with Gasteiger partial charge in [0, 0.05) is 0 Å². The van der Waals surface area contributed by atoms with Crippen molar-refractivity contribution in [1.29, 1.82) is 0 Å². The maximum Gasteiger partial charge on any atom is 1.00 e. The van der Waals surface area contributed by atoms with Crippen molar-refractivity contribution >= 4 is 16.0 Å². The molecule has 0 bridgehead atoms. The van der Waals surface area contributed by atoms with Crippen LogP contribution in [0.5, 0.6) is 0 Å². The zero-order valence-corrected chi connectivity index (χ0v) is 11.8. The number of carbonyl (C=O) groups excluding carboxylic acids is 1. The molecule has 70 valence electrons. The summed E-state index contributed by atoms with van der Waals surface area (Å²) in [6.45, 7) is 5.33. The Balaban J connectivity index is 0. The first kappa shape index (κ1) is 16.2. The van der Waals surface area contributed by atoms with Gasteiger partial charge >= 0.3 is 51.4 Å². The van der Waals surface area contributed by atoms with Crippen LogP contribution in [0.2, 0.25) is 0 Å². The third-order valence-corrected chi connectivity index (χ3v) is 2.59. The standard InChI is InChI=1S/C6H11NO4S.K/c1-4-5(8)7-6(2,3)12(9,10)11;/h4H,1H2,2-3H3,(H,7,8)(H,9,10,11);/q;+1/p-1. The predicted molar refractivity (Wildman–Crippen MR) is 42.1 cm³/mol. The van der Waals surface area contributed by atoms with Crippen LogP contribution in [0.15, 0.2) is 12.7 Å². The Morgan fingerprint density at radius 2 is 1.92 bits per heavy atom. The van der Waals surface area contributed by atoms with Gasteiger partial charge in [0.1, 0.15) is 15.0 Å². The Labute approximate surface area is 120 Å². The van der Waals surface area contributed by atoms with E-state index in [0.717, 1.165) is 19.9 Å². The van der Waals surface area contributed by atoms with Crippen molar-refractivity contribution in [3.05, 3.63) is 12.7 Å². The SMILES string of the molecule is C=CC(=O)NC(C)(C)S(=O)(=O)[O-].[K+]. The van der Waals surface area contributed by atoms with Gasteiger partial charge in [0.2, 0.25) is 5.91 Å². The van der Waals surface area contributed by atoms with Crippen LogP contribution in [-0.2, 0) is 14.9 Å². The summed E-state index contributed by atoms with van der Waals surface area (Å²) in [5.74, 6) is -0.695. The molecule has 0 unspecified atom stereocenters. The monoisotopic (exact) mass is 231 g/mol. The molecule has 0 atom stereocenters. The molecule has 0 rings (SSSR count). The van der Waals surface area contributed by atoms with E-state index in [0.29, 0.717) is 0 Å². The number of hydrogen-bond donors (Lipinski definition) is 1. The van der Waals surface area contributed by atoms with Gasteiger partial charge < -0.3 is 9.87 Å². The van der Waals surface area contributed by atoms with E-state index in [2.05, 4.69) is 6.58 Å². The second-order valence-electron chi connectivity index (χ2n) is 2.66. The maximum atomic E-state index is 10.6. The summed E-state index contributed by atoms with van der Waals surface area (Å²) < 4.78 is 31.5. The Bertz CT molecular complexity index is 296. The smallest absolute Gasteiger partial charge is 0.746 e. The molecule has 1 amide bonds. The molecular weight excluding hydrogens is 221 g/mol. The molecule has 0 saturated heterocycles. The summed E-state index contributed by atoms with van der Waals surface area (Å²) in [7, 11) is -4.54. The minimum atomic E-state index is -4.54. The quantitative estimate of drug-likeness (QED) is 0.311. The van der Waals surface area contributed by atoms with E-state index in [1.54, 1.807) is 0 Å². The van der Waals surface area contributed by atoms with Crippen molar-refractivity contribution in [2.24, 2.45) is 0 Å². The molecule has 0 saturated carbocycles. The minimum Gasteiger partial charge on any atom is -0.746 e. The molecule has 0 aromatic rings. The van der Waals surface area contributed by atoms with E-state index < -0.39 is 20.9 Å². The van der Waals surface area contributed by atoms with Crippen molar-refractivity contribution in [2.45, 2.75) is 18.7 Å². The minimum absolute atomic E-state index is 0. The van der Waals surface area contributed by atoms with Crippen LogP contribution < -0.4 is 56.7 Å². The first-order valence-corrected chi connectivity index (χ1v) is 4.51. The third kappa shape index (κ3) is 5.26. The van der Waals surface area contributed by atoms with Crippen LogP contribution in [0, 0.1) is 0 Å². The number of rotatable bonds is 3. The summed E-state index contributed by atoms with van der Waals surface area (Å²) in [4.78, 5) is 8.85. The van der Waals surface area contributed by atoms with Crippen LogP contribution in [0.1, 0.15) is 13.8 Å². The van der Waals surface area contributed by atoms with Gasteiger partial charge in [0.05, 0.1) is 0 Å². The van der Waals surface area contributed by atoms with Crippen LogP contribution in [0.3, 0.4) is 0 Å². The summed E-state index contributed by atoms with van der Waals surface area (Å²) in [5.41, 5.74) is 0. The van der Waals surface area contributed by atoms with Crippen molar-refractivity contribution < 1.29 is 69.1 Å². The molecule has 7 heteroatoms. The van der Waals surface area contributed by atoms with Gasteiger partial charge in [-0.1, -0.05) is 6.58 Å². The average Bonchev–Trinajstić information content (AvgIpc) is 1.84. The number of hydrogen-bond acceptors (Lipinski definition) is 4. The molecule has 0 aliphatic heterocycles. The van der Waals surface area contributed by atoms with E-state index >= 15 is 0 Å². The van der Waals surface area contributed by atoms with Crippen molar-refractivity contribution in [2.75, 3.05) is 0 Å². The molecule has 5 nitrogen and oxygen atoms in total. The van der Waals surface area contributed by atoms with Crippen molar-refractivity contribution in [1.82, 2.24) is 5.32 Å². The van der Waals surface area contributed by atoms with Gasteiger partial charge in [-0.25, -0.2) is 8.42 Å². The van der Waals surface area contributed by atoms with Gasteiger partial charge in [0.15, 0.2) is 0 Å². The molecular formula is C6H10KNO4S. The van der Waals surface area contributed by atoms with E-state index in [1.165, 1.54) is 0 Å². The molecule has 0 aliphatic carbocycles. The second kappa shape index (κ2) is 5.59. The molecule has 0 aromatic carbocycles. The molecule has 0 aromatic heterocycles. The number of nitrogens with one attached hydrogen (secondary N) is 1. The summed E-state index contributed by atoms with van der Waals surface area (Å²) in [5, 5.41) is 1.99. The average molecular weight is 231 g/mol. The van der Waals surface area contributed by atoms with E-state index in [9.17, 15) is 17.8 Å². The van der Waals surface area contributed by atoms with Crippen molar-refractivity contribution in [3.63, 3.8) is 0 Å². The Hall–Kier alpha value is 0.756. The molecule has 13 heavy (non-hydrogen) atoms. The second-order valence-corrected chi connectivity index (χ2v) is 4.59. The number of amides is 1. The molecule has 0 aliphatic rings. The molecule has 0 fully saturated rings. The van der Waals surface area contributed by atoms with E-state index in [4.69, 9.17) is 0 Å². The van der Waals surface area contributed by atoms with E-state index in [1.807, 2.05) is 5.32 Å². The van der Waals surface area contributed by atoms with Gasteiger partial charge in [-0.15, -0.1) is 0 Å². The van der Waals surface area contributed by atoms with Gasteiger partial charge in [-0.3, -0.25) is 4.79 Å². The van der Waals surface area contributed by atoms with Gasteiger partial charge in [-0.05, 0) is 19.9 Å². The topological polar surface area (TPSA) is 86.3 Å². The van der Waals surface area contributed by atoms with Crippen LogP contribution in [0.25, 0.3) is 0 Å². The molecule has 0 heterocycles. The Kier molecular flexibility index (Phi) is 6.97. The third-order valence-electron chi connectivity index (χ3n) is 1.23. The van der Waals surface area contributed by atoms with E-state index in [-0.39, 0.29) is 51.4 Å². The fourth-order valence-corrected chi connectivity index (χ4v) is 0.636. The fraction of sp³-hybridized carbons (Fsp3) is 0.500. The van der Waals surface area contributed by atoms with Crippen LogP contribution in [-0.4, -0.2) is 23.7 Å². The van der Waals surface area contributed by atoms with Crippen LogP contribution in [0.4, 0.5) is 0 Å². The van der Waals surface area contributed by atoms with Crippen LogP contribution >= 0.6 is 0 Å². The molecule has 1 N–H and O–H groups in total. The summed E-state index contributed by atoms with van der Waals surface area (Å²) in [6.07, 6.45) is 0.896. The van der Waals surface area contributed by atoms with Gasteiger partial charge in [-0.2, -0.15) is 0 Å². The number of carbonyl (C=O) groups is 1. The Morgan fingerprint density at radius 1 is 1.54 bits per heavy atom. The zero-order valence-electron chi connectivity index (χ0n) is 7.83. The summed E-state index contributed by atoms with van der Waals surface area (Å²) >= 11 is 0. The molecule has 0 radical (unpaired) electrons. The largest absolute Gasteiger partial charge is 1.00 e. The Morgan fingerprint density at radius 3 is 2.15 bits per heavy atom.